The lowest BCUT2D eigenvalue weighted by molar-refractivity contribution is -0.135. The third-order valence-corrected chi connectivity index (χ3v) is 7.20. The molecule has 1 aromatic carbocycles. The van der Waals surface area contributed by atoms with Crippen LogP contribution < -0.4 is 22.5 Å². The van der Waals surface area contributed by atoms with Crippen molar-refractivity contribution in [3.63, 3.8) is 0 Å². The number of benzene rings is 1. The van der Waals surface area contributed by atoms with Crippen LogP contribution in [0, 0.1) is 11.8 Å². The number of nitrogens with zero attached hydrogens (tertiary/aromatic N) is 5. The number of piperidine rings is 1. The Bertz CT molecular complexity index is 1190. The van der Waals surface area contributed by atoms with E-state index >= 15 is 0 Å². The van der Waals surface area contributed by atoms with Gasteiger partial charge in [0.2, 0.25) is 5.91 Å². The molecule has 5 rings (SSSR count). The zero-order valence-electron chi connectivity index (χ0n) is 20.8. The number of likely N-dealkylation sites (tertiary alicyclic amines) is 1. The molecule has 1 saturated carbocycles. The zero-order chi connectivity index (χ0) is 25.6. The highest BCUT2D eigenvalue weighted by Gasteiger charge is 2.53. The number of amides is 3. The second kappa shape index (κ2) is 9.30. The molecule has 0 bridgehead atoms. The number of carbonyl (C=O) groups is 2. The zero-order valence-corrected chi connectivity index (χ0v) is 20.8. The largest absolute Gasteiger partial charge is 0.354 e. The molecule has 2 atom stereocenters. The topological polar surface area (TPSA) is 143 Å². The fraction of sp³-hybridized carbons (Fsp3) is 0.520. The summed E-state index contributed by atoms with van der Waals surface area (Å²) in [6.45, 7) is 7.86. The second-order valence-corrected chi connectivity index (χ2v) is 10.9. The van der Waals surface area contributed by atoms with Gasteiger partial charge >= 0.3 is 11.7 Å². The fourth-order valence-electron chi connectivity index (χ4n) is 5.21. The van der Waals surface area contributed by atoms with E-state index in [1.54, 1.807) is 17.2 Å². The number of anilines is 1. The van der Waals surface area contributed by atoms with E-state index in [9.17, 15) is 14.4 Å². The Kier molecular flexibility index (Phi) is 6.31. The maximum absolute atomic E-state index is 12.7. The molecule has 5 N–H and O–H groups in total. The quantitative estimate of drug-likeness (QED) is 0.514. The molecule has 192 valence electrons. The Labute approximate surface area is 210 Å². The molecule has 2 unspecified atom stereocenters. The van der Waals surface area contributed by atoms with Gasteiger partial charge in [0.25, 0.3) is 0 Å². The lowest BCUT2D eigenvalue weighted by Gasteiger charge is -2.37. The number of carbonyl (C=O) groups excluding carboxylic acids is 2. The van der Waals surface area contributed by atoms with Crippen molar-refractivity contribution in [2.24, 2.45) is 23.3 Å². The molecule has 1 aliphatic carbocycles. The van der Waals surface area contributed by atoms with Gasteiger partial charge in [0.1, 0.15) is 12.4 Å². The summed E-state index contributed by atoms with van der Waals surface area (Å²) in [6.07, 6.45) is 1.59. The van der Waals surface area contributed by atoms with Crippen molar-refractivity contribution in [2.45, 2.75) is 32.0 Å². The number of rotatable bonds is 6. The van der Waals surface area contributed by atoms with Crippen LogP contribution in [0.15, 0.2) is 41.3 Å². The Balaban J connectivity index is 1.16. The van der Waals surface area contributed by atoms with Crippen LogP contribution in [0.1, 0.15) is 19.4 Å². The molecule has 3 fully saturated rings. The first-order chi connectivity index (χ1) is 17.1. The average molecular weight is 495 g/mol. The standard InChI is InChI=1S/C25H34N8O3/c1-25(2,27)15-32-10-9-31(14-21(32)34)23(35)28-20-7-8-33(24(36)29-20)17-5-3-16(4-6-17)11-30-12-18-19(13-30)22(18)26/h3-8,18-19,22H,9-15,26-27H2,1-2H3,(H,28,29,35,36). The molecule has 11 nitrogen and oxygen atoms in total. The van der Waals surface area contributed by atoms with E-state index in [2.05, 4.69) is 15.2 Å². The van der Waals surface area contributed by atoms with Gasteiger partial charge in [-0.05, 0) is 49.4 Å². The van der Waals surface area contributed by atoms with E-state index in [1.165, 1.54) is 15.0 Å². The number of hydrogen-bond acceptors (Lipinski definition) is 7. The number of urea groups is 1. The lowest BCUT2D eigenvalue weighted by atomic mass is 10.1. The van der Waals surface area contributed by atoms with Gasteiger partial charge < -0.3 is 21.3 Å². The van der Waals surface area contributed by atoms with Crippen LogP contribution in [0.2, 0.25) is 0 Å². The molecule has 0 spiro atoms. The predicted molar refractivity (Wildman–Crippen MR) is 136 cm³/mol. The maximum Gasteiger partial charge on any atom is 0.354 e. The van der Waals surface area contributed by atoms with Crippen molar-refractivity contribution >= 4 is 17.8 Å². The Morgan fingerprint density at radius 1 is 1.11 bits per heavy atom. The molecule has 1 aromatic heterocycles. The molecule has 2 aromatic rings. The molecule has 36 heavy (non-hydrogen) atoms. The summed E-state index contributed by atoms with van der Waals surface area (Å²) < 4.78 is 1.43. The lowest BCUT2D eigenvalue weighted by Crippen LogP contribution is -2.57. The van der Waals surface area contributed by atoms with Crippen LogP contribution in [0.4, 0.5) is 10.6 Å². The highest BCUT2D eigenvalue weighted by atomic mass is 16.2. The summed E-state index contributed by atoms with van der Waals surface area (Å²) in [5.74, 6) is 1.29. The smallest absolute Gasteiger partial charge is 0.338 e. The SMILES string of the molecule is CC(C)(N)CN1CCN(C(=O)Nc2ccn(-c3ccc(CN4CC5C(N)C5C4)cc3)c(=O)n2)CC1=O. The summed E-state index contributed by atoms with van der Waals surface area (Å²) in [5, 5.41) is 2.63. The van der Waals surface area contributed by atoms with E-state index in [4.69, 9.17) is 11.5 Å². The normalized spacial score (nSPS) is 24.1. The van der Waals surface area contributed by atoms with Gasteiger partial charge in [-0.3, -0.25) is 19.6 Å². The highest BCUT2D eigenvalue weighted by molar-refractivity contribution is 5.92. The van der Waals surface area contributed by atoms with Crippen LogP contribution >= 0.6 is 0 Å². The molecule has 3 aliphatic rings. The summed E-state index contributed by atoms with van der Waals surface area (Å²) in [7, 11) is 0. The number of hydrogen-bond donors (Lipinski definition) is 3. The van der Waals surface area contributed by atoms with E-state index in [0.29, 0.717) is 43.2 Å². The van der Waals surface area contributed by atoms with Gasteiger partial charge in [0, 0.05) is 57.0 Å². The van der Waals surface area contributed by atoms with Crippen molar-refractivity contribution in [3.8, 4) is 5.69 Å². The van der Waals surface area contributed by atoms with Crippen molar-refractivity contribution in [1.82, 2.24) is 24.3 Å². The van der Waals surface area contributed by atoms with Crippen molar-refractivity contribution < 1.29 is 9.59 Å². The number of fused-ring (bicyclic) bond motifs is 1. The predicted octanol–water partition coefficient (Wildman–Crippen LogP) is 0.0348. The van der Waals surface area contributed by atoms with Gasteiger partial charge in [-0.2, -0.15) is 4.98 Å². The molecular formula is C25H34N8O3. The third-order valence-electron chi connectivity index (χ3n) is 7.20. The van der Waals surface area contributed by atoms with Crippen LogP contribution in [0.3, 0.4) is 0 Å². The molecule has 2 aliphatic heterocycles. The van der Waals surface area contributed by atoms with Crippen LogP contribution in [0.25, 0.3) is 5.69 Å². The summed E-state index contributed by atoms with van der Waals surface area (Å²) in [5.41, 5.74) is 12.9. The van der Waals surface area contributed by atoms with Crippen molar-refractivity contribution in [3.05, 3.63) is 52.6 Å². The first kappa shape index (κ1) is 24.4. The third kappa shape index (κ3) is 5.28. The minimum atomic E-state index is -0.503. The van der Waals surface area contributed by atoms with Crippen LogP contribution in [0.5, 0.6) is 0 Å². The molecule has 2 saturated heterocycles. The summed E-state index contributed by atoms with van der Waals surface area (Å²) in [6, 6.07) is 9.32. The number of nitrogens with one attached hydrogen (secondary N) is 1. The molecular weight excluding hydrogens is 460 g/mol. The van der Waals surface area contributed by atoms with E-state index in [1.807, 2.05) is 38.1 Å². The van der Waals surface area contributed by atoms with E-state index in [0.717, 1.165) is 19.6 Å². The Hall–Kier alpha value is -3.28. The Morgan fingerprint density at radius 2 is 1.81 bits per heavy atom. The number of piperazine rings is 1. The number of nitrogens with two attached hydrogens (primary N) is 2. The molecule has 0 radical (unpaired) electrons. The van der Waals surface area contributed by atoms with Gasteiger partial charge in [0.05, 0.1) is 5.69 Å². The van der Waals surface area contributed by atoms with E-state index in [-0.39, 0.29) is 18.3 Å². The molecule has 3 heterocycles. The Morgan fingerprint density at radius 3 is 2.42 bits per heavy atom. The molecule has 3 amide bonds. The fourth-order valence-corrected chi connectivity index (χ4v) is 5.21. The highest BCUT2D eigenvalue weighted by Crippen LogP contribution is 2.44. The van der Waals surface area contributed by atoms with Crippen LogP contribution in [-0.4, -0.2) is 87.0 Å². The minimum absolute atomic E-state index is 0.0448. The van der Waals surface area contributed by atoms with Gasteiger partial charge in [-0.1, -0.05) is 12.1 Å². The maximum atomic E-state index is 12.7. The van der Waals surface area contributed by atoms with Gasteiger partial charge in [-0.15, -0.1) is 0 Å². The van der Waals surface area contributed by atoms with Crippen molar-refractivity contribution in [1.29, 1.82) is 0 Å². The van der Waals surface area contributed by atoms with E-state index < -0.39 is 17.3 Å². The van der Waals surface area contributed by atoms with Gasteiger partial charge in [0.15, 0.2) is 0 Å². The summed E-state index contributed by atoms with van der Waals surface area (Å²) >= 11 is 0. The summed E-state index contributed by atoms with van der Waals surface area (Å²) in [4.78, 5) is 47.2. The van der Waals surface area contributed by atoms with Gasteiger partial charge in [-0.25, -0.2) is 9.59 Å². The van der Waals surface area contributed by atoms with Crippen LogP contribution in [-0.2, 0) is 11.3 Å². The first-order valence-corrected chi connectivity index (χ1v) is 12.4. The molecule has 11 heteroatoms. The second-order valence-electron chi connectivity index (χ2n) is 10.9. The first-order valence-electron chi connectivity index (χ1n) is 12.4. The average Bonchev–Trinajstić information content (AvgIpc) is 3.21. The van der Waals surface area contributed by atoms with Crippen molar-refractivity contribution in [2.75, 3.05) is 44.6 Å². The monoisotopic (exact) mass is 494 g/mol. The minimum Gasteiger partial charge on any atom is -0.338 e. The number of aromatic nitrogens is 2.